The molecule has 5 rings (SSSR count). The molecular weight excluding hydrogens is 556 g/mol. The highest BCUT2D eigenvalue weighted by molar-refractivity contribution is 5.98. The minimum absolute atomic E-state index is 0.00198. The summed E-state index contributed by atoms with van der Waals surface area (Å²) in [5.74, 6) is 1.63. The minimum Gasteiger partial charge on any atom is -0.444 e. The van der Waals surface area contributed by atoms with Gasteiger partial charge in [0, 0.05) is 54.5 Å². The van der Waals surface area contributed by atoms with Crippen LogP contribution in [0.15, 0.2) is 60.9 Å². The first kappa shape index (κ1) is 31.0. The molecule has 3 N–H and O–H groups in total. The van der Waals surface area contributed by atoms with E-state index < -0.39 is 5.60 Å². The van der Waals surface area contributed by atoms with Crippen LogP contribution in [0.4, 0.5) is 16.4 Å². The van der Waals surface area contributed by atoms with Crippen LogP contribution in [0.3, 0.4) is 0 Å². The summed E-state index contributed by atoms with van der Waals surface area (Å²) in [7, 11) is 0. The molecule has 0 saturated carbocycles. The number of carbonyl (C=O) groups is 1. The predicted octanol–water partition coefficient (Wildman–Crippen LogP) is 6.79. The molecule has 4 aromatic rings. The predicted molar refractivity (Wildman–Crippen MR) is 173 cm³/mol. The van der Waals surface area contributed by atoms with E-state index in [1.807, 2.05) is 70.2 Å². The molecule has 44 heavy (non-hydrogen) atoms. The Kier molecular flexibility index (Phi) is 9.49. The number of aryl methyl sites for hydroxylation is 1. The van der Waals surface area contributed by atoms with Crippen molar-refractivity contribution in [3.05, 3.63) is 66.5 Å². The van der Waals surface area contributed by atoms with Crippen LogP contribution in [0.1, 0.15) is 52.5 Å². The van der Waals surface area contributed by atoms with Gasteiger partial charge in [0.15, 0.2) is 0 Å². The number of likely N-dealkylation sites (tertiary alicyclic amines) is 1. The van der Waals surface area contributed by atoms with Crippen molar-refractivity contribution < 1.29 is 19.4 Å². The SMILES string of the molecule is Cc1ccc2c(NCCC(C)O)cccc2c1Oc1ncccc1-c1ccnc(NC2CCCN(C(=O)OC(C)(C)C)C2)n1. The van der Waals surface area contributed by atoms with Crippen LogP contribution in [0.2, 0.25) is 0 Å². The number of ether oxygens (including phenoxy) is 2. The summed E-state index contributed by atoms with van der Waals surface area (Å²) in [5, 5.41) is 18.5. The maximum Gasteiger partial charge on any atom is 0.410 e. The second-order valence-corrected chi connectivity index (χ2v) is 12.3. The van der Waals surface area contributed by atoms with Crippen molar-refractivity contribution in [2.75, 3.05) is 30.3 Å². The first-order valence-corrected chi connectivity index (χ1v) is 15.2. The van der Waals surface area contributed by atoms with Gasteiger partial charge in [-0.3, -0.25) is 0 Å². The molecule has 1 fully saturated rings. The maximum absolute atomic E-state index is 12.6. The third-order valence-corrected chi connectivity index (χ3v) is 7.39. The second-order valence-electron chi connectivity index (χ2n) is 12.3. The van der Waals surface area contributed by atoms with Crippen molar-refractivity contribution in [2.24, 2.45) is 0 Å². The summed E-state index contributed by atoms with van der Waals surface area (Å²) in [5.41, 5.74) is 2.82. The summed E-state index contributed by atoms with van der Waals surface area (Å²) in [6.45, 7) is 11.3. The first-order valence-electron chi connectivity index (χ1n) is 15.2. The Hall–Kier alpha value is -4.44. The van der Waals surface area contributed by atoms with Crippen LogP contribution in [0.5, 0.6) is 11.6 Å². The van der Waals surface area contributed by atoms with Crippen molar-refractivity contribution in [1.29, 1.82) is 0 Å². The Balaban J connectivity index is 1.36. The van der Waals surface area contributed by atoms with Gasteiger partial charge in [-0.25, -0.2) is 19.7 Å². The van der Waals surface area contributed by atoms with E-state index in [1.165, 1.54) is 0 Å². The van der Waals surface area contributed by atoms with Crippen molar-refractivity contribution in [1.82, 2.24) is 19.9 Å². The van der Waals surface area contributed by atoms with Crippen LogP contribution < -0.4 is 15.4 Å². The molecule has 0 bridgehead atoms. The largest absolute Gasteiger partial charge is 0.444 e. The Morgan fingerprint density at radius 3 is 2.73 bits per heavy atom. The Bertz CT molecular complexity index is 1600. The van der Waals surface area contributed by atoms with E-state index in [4.69, 9.17) is 14.5 Å². The molecule has 2 aromatic carbocycles. The van der Waals surface area contributed by atoms with Gasteiger partial charge < -0.3 is 30.1 Å². The van der Waals surface area contributed by atoms with Crippen LogP contribution >= 0.6 is 0 Å². The highest BCUT2D eigenvalue weighted by Crippen LogP contribution is 2.38. The molecule has 2 unspecified atom stereocenters. The number of benzene rings is 2. The quantitative estimate of drug-likeness (QED) is 0.191. The van der Waals surface area contributed by atoms with E-state index >= 15 is 0 Å². The van der Waals surface area contributed by atoms with Crippen molar-refractivity contribution >= 4 is 28.5 Å². The molecule has 10 heteroatoms. The summed E-state index contributed by atoms with van der Waals surface area (Å²) in [6.07, 6.45) is 5.15. The van der Waals surface area contributed by atoms with E-state index in [2.05, 4.69) is 26.7 Å². The number of aromatic nitrogens is 3. The average molecular weight is 599 g/mol. The molecule has 2 atom stereocenters. The maximum atomic E-state index is 12.6. The van der Waals surface area contributed by atoms with Gasteiger partial charge in [-0.2, -0.15) is 0 Å². The number of carbonyl (C=O) groups excluding carboxylic acids is 1. The number of fused-ring (bicyclic) bond motifs is 1. The first-order chi connectivity index (χ1) is 21.1. The lowest BCUT2D eigenvalue weighted by Gasteiger charge is -2.34. The normalized spacial score (nSPS) is 16.0. The highest BCUT2D eigenvalue weighted by atomic mass is 16.6. The van der Waals surface area contributed by atoms with Crippen molar-refractivity contribution in [3.63, 3.8) is 0 Å². The van der Waals surface area contributed by atoms with Gasteiger partial charge in [-0.05, 0) is 83.7 Å². The van der Waals surface area contributed by atoms with Gasteiger partial charge in [0.25, 0.3) is 0 Å². The lowest BCUT2D eigenvalue weighted by molar-refractivity contribution is 0.0206. The van der Waals surface area contributed by atoms with E-state index in [1.54, 1.807) is 24.2 Å². The van der Waals surface area contributed by atoms with E-state index in [9.17, 15) is 9.90 Å². The molecule has 0 aliphatic carbocycles. The van der Waals surface area contributed by atoms with Gasteiger partial charge in [0.2, 0.25) is 11.8 Å². The third-order valence-electron chi connectivity index (χ3n) is 7.39. The van der Waals surface area contributed by atoms with Gasteiger partial charge in [0.1, 0.15) is 11.4 Å². The summed E-state index contributed by atoms with van der Waals surface area (Å²) in [6, 6.07) is 15.8. The number of hydrogen-bond acceptors (Lipinski definition) is 9. The van der Waals surface area contributed by atoms with E-state index in [-0.39, 0.29) is 18.2 Å². The molecular formula is C34H42N6O4. The fourth-order valence-corrected chi connectivity index (χ4v) is 5.26. The Morgan fingerprint density at radius 2 is 1.93 bits per heavy atom. The zero-order chi connectivity index (χ0) is 31.3. The molecule has 1 saturated heterocycles. The van der Waals surface area contributed by atoms with E-state index in [0.29, 0.717) is 43.6 Å². The standard InChI is InChI=1S/C34H42N6O4/c1-22-13-14-25-26(10-6-12-28(25)35-18-15-23(2)41)30(22)43-31-27(11-7-17-36-31)29-16-19-37-32(39-29)38-24-9-8-20-40(21-24)33(42)44-34(3,4)5/h6-7,10-14,16-17,19,23-24,35,41H,8-9,15,18,20-21H2,1-5H3,(H,37,38,39). The lowest BCUT2D eigenvalue weighted by atomic mass is 10.0. The zero-order valence-corrected chi connectivity index (χ0v) is 26.1. The van der Waals surface area contributed by atoms with Gasteiger partial charge in [0.05, 0.1) is 17.4 Å². The van der Waals surface area contributed by atoms with Crippen LogP contribution in [-0.4, -0.2) is 68.4 Å². The van der Waals surface area contributed by atoms with Gasteiger partial charge >= 0.3 is 6.09 Å². The number of hydrogen-bond donors (Lipinski definition) is 3. The van der Waals surface area contributed by atoms with Crippen LogP contribution in [-0.2, 0) is 4.74 Å². The van der Waals surface area contributed by atoms with Gasteiger partial charge in [-0.15, -0.1) is 0 Å². The summed E-state index contributed by atoms with van der Waals surface area (Å²) < 4.78 is 12.1. The van der Waals surface area contributed by atoms with E-state index in [0.717, 1.165) is 46.2 Å². The fourth-order valence-electron chi connectivity index (χ4n) is 5.26. The molecule has 0 spiro atoms. The molecule has 2 aromatic heterocycles. The second kappa shape index (κ2) is 13.5. The number of rotatable bonds is 9. The van der Waals surface area contributed by atoms with Crippen LogP contribution in [0, 0.1) is 6.92 Å². The topological polar surface area (TPSA) is 122 Å². The number of anilines is 2. The number of aliphatic hydroxyl groups excluding tert-OH is 1. The molecule has 232 valence electrons. The van der Waals surface area contributed by atoms with Crippen molar-refractivity contribution in [3.8, 4) is 22.9 Å². The zero-order valence-electron chi connectivity index (χ0n) is 26.1. The number of piperidine rings is 1. The third kappa shape index (κ3) is 7.74. The molecule has 0 radical (unpaired) electrons. The molecule has 3 heterocycles. The Labute approximate surface area is 258 Å². The number of pyridine rings is 1. The smallest absolute Gasteiger partial charge is 0.410 e. The number of amides is 1. The highest BCUT2D eigenvalue weighted by Gasteiger charge is 2.28. The Morgan fingerprint density at radius 1 is 1.09 bits per heavy atom. The molecule has 1 aliphatic heterocycles. The minimum atomic E-state index is -0.540. The number of aliphatic hydroxyl groups is 1. The van der Waals surface area contributed by atoms with Crippen LogP contribution in [0.25, 0.3) is 22.0 Å². The fraction of sp³-hybridized carbons (Fsp3) is 0.412. The number of nitrogens with one attached hydrogen (secondary N) is 2. The average Bonchev–Trinajstić information content (AvgIpc) is 2.98. The molecule has 1 amide bonds. The monoisotopic (exact) mass is 598 g/mol. The lowest BCUT2D eigenvalue weighted by Crippen LogP contribution is -2.47. The van der Waals surface area contributed by atoms with Crippen molar-refractivity contribution in [2.45, 2.75) is 71.6 Å². The summed E-state index contributed by atoms with van der Waals surface area (Å²) in [4.78, 5) is 28.2. The van der Waals surface area contributed by atoms with Gasteiger partial charge in [-0.1, -0.05) is 24.3 Å². The summed E-state index contributed by atoms with van der Waals surface area (Å²) >= 11 is 0. The number of nitrogens with zero attached hydrogens (tertiary/aromatic N) is 4. The molecule has 10 nitrogen and oxygen atoms in total. The molecule has 1 aliphatic rings.